The van der Waals surface area contributed by atoms with Gasteiger partial charge < -0.3 is 24.5 Å². The maximum absolute atomic E-state index is 10.6. The van der Waals surface area contributed by atoms with Crippen molar-refractivity contribution < 1.29 is 78.4 Å². The lowest BCUT2D eigenvalue weighted by molar-refractivity contribution is -0.193. The summed E-state index contributed by atoms with van der Waals surface area (Å²) in [6.07, 6.45) is -6.37. The summed E-state index contributed by atoms with van der Waals surface area (Å²) < 4.78 is 107. The fourth-order valence-corrected chi connectivity index (χ4v) is 4.09. The van der Waals surface area contributed by atoms with Gasteiger partial charge in [0.05, 0.1) is 25.0 Å². The topological polar surface area (TPSA) is 154 Å². The van der Waals surface area contributed by atoms with Crippen molar-refractivity contribution >= 4 is 17.9 Å². The fourth-order valence-electron chi connectivity index (χ4n) is 4.09. The number of likely N-dealkylation sites (tertiary alicyclic amines) is 1. The first kappa shape index (κ1) is 40.1. The number of ether oxygens (including phenoxy) is 1. The van der Waals surface area contributed by atoms with Crippen LogP contribution in [0.4, 0.5) is 39.5 Å². The summed E-state index contributed by atoms with van der Waals surface area (Å²) in [6, 6.07) is 8.69. The normalized spacial score (nSPS) is 17.9. The van der Waals surface area contributed by atoms with Crippen LogP contribution in [0.2, 0.25) is 0 Å². The van der Waals surface area contributed by atoms with Gasteiger partial charge in [-0.3, -0.25) is 14.8 Å². The number of carbonyl (C=O) groups is 3. The van der Waals surface area contributed by atoms with Crippen LogP contribution >= 0.6 is 0 Å². The highest BCUT2D eigenvalue weighted by molar-refractivity contribution is 5.73. The third-order valence-corrected chi connectivity index (χ3v) is 6.45. The molecule has 46 heavy (non-hydrogen) atoms. The summed E-state index contributed by atoms with van der Waals surface area (Å²) >= 11 is 0. The third-order valence-electron chi connectivity index (χ3n) is 6.45. The second-order valence-corrected chi connectivity index (χ2v) is 9.89. The van der Waals surface area contributed by atoms with E-state index in [0.29, 0.717) is 6.04 Å². The average molecular weight is 684 g/mol. The van der Waals surface area contributed by atoms with E-state index in [-0.39, 0.29) is 5.60 Å². The van der Waals surface area contributed by atoms with Crippen molar-refractivity contribution in [1.29, 1.82) is 0 Å². The van der Waals surface area contributed by atoms with Crippen molar-refractivity contribution in [2.24, 2.45) is 0 Å². The van der Waals surface area contributed by atoms with Gasteiger partial charge >= 0.3 is 36.4 Å². The van der Waals surface area contributed by atoms with E-state index in [4.69, 9.17) is 38.9 Å². The number of piperidine rings is 1. The number of pyridine rings is 1. The second-order valence-electron chi connectivity index (χ2n) is 9.89. The van der Waals surface area contributed by atoms with E-state index in [1.807, 2.05) is 24.5 Å². The number of carboxylic acids is 3. The number of aromatic nitrogens is 1. The number of hydrogen-bond acceptors (Lipinski definition) is 8. The molecule has 2 aliphatic rings. The van der Waals surface area contributed by atoms with Crippen molar-refractivity contribution in [3.63, 3.8) is 0 Å². The molecule has 0 saturated carbocycles. The Morgan fingerprint density at radius 2 is 1.35 bits per heavy atom. The van der Waals surface area contributed by atoms with Crippen LogP contribution in [0.15, 0.2) is 47.3 Å². The Labute approximate surface area is 255 Å². The molecule has 1 spiro atoms. The Hall–Kier alpha value is -3.91. The number of halogens is 9. The van der Waals surface area contributed by atoms with Crippen LogP contribution in [0.3, 0.4) is 0 Å². The predicted octanol–water partition coefficient (Wildman–Crippen LogP) is 4.83. The van der Waals surface area contributed by atoms with Gasteiger partial charge in [0.2, 0.25) is 0 Å². The molecule has 2 aromatic rings. The Morgan fingerprint density at radius 3 is 1.74 bits per heavy atom. The Balaban J connectivity index is 0.000000413. The van der Waals surface area contributed by atoms with Gasteiger partial charge in [0.1, 0.15) is 5.76 Å². The Bertz CT molecular complexity index is 1160. The molecule has 20 heteroatoms. The summed E-state index contributed by atoms with van der Waals surface area (Å²) in [5.74, 6) is -7.25. The first-order valence-electron chi connectivity index (χ1n) is 12.9. The van der Waals surface area contributed by atoms with Gasteiger partial charge in [-0.25, -0.2) is 14.4 Å². The molecule has 2 fully saturated rings. The zero-order valence-corrected chi connectivity index (χ0v) is 23.9. The van der Waals surface area contributed by atoms with Crippen LogP contribution in [0, 0.1) is 0 Å². The number of hydrogen-bond donors (Lipinski definition) is 3. The minimum absolute atomic E-state index is 0.0802. The van der Waals surface area contributed by atoms with Crippen LogP contribution in [-0.4, -0.2) is 105 Å². The molecule has 4 heterocycles. The standard InChI is InChI=1S/C20H27N3O2.3C2HF3O2/c1-22(15-19-3-2-12-24-19)18-13-20(25-16-18)6-10-23(11-7-20)14-17-4-8-21-9-5-17;3*3-2(4,5)1(6)7/h2-5,8-9,12,18H,6-7,10-11,13-16H2,1H3;3*(H,6,7). The molecule has 4 rings (SSSR count). The summed E-state index contributed by atoms with van der Waals surface area (Å²) in [5, 5.41) is 21.4. The van der Waals surface area contributed by atoms with Crippen molar-refractivity contribution in [3.8, 4) is 0 Å². The molecule has 2 saturated heterocycles. The lowest BCUT2D eigenvalue weighted by Gasteiger charge is -2.39. The lowest BCUT2D eigenvalue weighted by Crippen LogP contribution is -2.44. The second kappa shape index (κ2) is 17.1. The Morgan fingerprint density at radius 1 is 0.891 bits per heavy atom. The summed E-state index contributed by atoms with van der Waals surface area (Å²) in [6.45, 7) is 4.92. The molecular weight excluding hydrogens is 653 g/mol. The summed E-state index contributed by atoms with van der Waals surface area (Å²) in [4.78, 5) is 35.7. The van der Waals surface area contributed by atoms with Gasteiger partial charge in [0.15, 0.2) is 0 Å². The van der Waals surface area contributed by atoms with Crippen molar-refractivity contribution in [3.05, 3.63) is 54.2 Å². The molecule has 0 aromatic carbocycles. The van der Waals surface area contributed by atoms with E-state index in [0.717, 1.165) is 57.8 Å². The highest BCUT2D eigenvalue weighted by Gasteiger charge is 2.44. The molecule has 11 nitrogen and oxygen atoms in total. The molecule has 2 aromatic heterocycles. The van der Waals surface area contributed by atoms with E-state index in [9.17, 15) is 39.5 Å². The minimum Gasteiger partial charge on any atom is -0.475 e. The number of likely N-dealkylation sites (N-methyl/N-ethyl adjacent to an activating group) is 1. The number of alkyl halides is 9. The SMILES string of the molecule is CN(Cc1ccco1)C1COC2(CCN(Cc3ccncc3)CC2)C1.O=C(O)C(F)(F)F.O=C(O)C(F)(F)F.O=C(O)C(F)(F)F. The van der Waals surface area contributed by atoms with Crippen molar-refractivity contribution in [1.82, 2.24) is 14.8 Å². The largest absolute Gasteiger partial charge is 0.490 e. The number of aliphatic carboxylic acids is 3. The highest BCUT2D eigenvalue weighted by Crippen LogP contribution is 2.38. The van der Waals surface area contributed by atoms with Crippen LogP contribution < -0.4 is 0 Å². The number of carboxylic acid groups (broad SMARTS) is 3. The van der Waals surface area contributed by atoms with E-state index < -0.39 is 36.4 Å². The van der Waals surface area contributed by atoms with E-state index >= 15 is 0 Å². The average Bonchev–Trinajstić information content (AvgIpc) is 3.61. The van der Waals surface area contributed by atoms with E-state index in [2.05, 4.69) is 34.0 Å². The number of furan rings is 1. The zero-order valence-electron chi connectivity index (χ0n) is 23.9. The fraction of sp³-hybridized carbons (Fsp3) is 0.538. The molecule has 0 radical (unpaired) electrons. The van der Waals surface area contributed by atoms with Gasteiger partial charge in [-0.05, 0) is 56.1 Å². The smallest absolute Gasteiger partial charge is 0.475 e. The van der Waals surface area contributed by atoms with Crippen LogP contribution in [0.25, 0.3) is 0 Å². The monoisotopic (exact) mass is 683 g/mol. The summed E-state index contributed by atoms with van der Waals surface area (Å²) in [5.41, 5.74) is 1.42. The first-order chi connectivity index (χ1) is 21.1. The zero-order chi connectivity index (χ0) is 35.3. The molecular formula is C26H30F9N3O8. The van der Waals surface area contributed by atoms with Gasteiger partial charge in [-0.2, -0.15) is 39.5 Å². The van der Waals surface area contributed by atoms with Gasteiger partial charge in [0.25, 0.3) is 0 Å². The molecule has 0 bridgehead atoms. The van der Waals surface area contributed by atoms with E-state index in [1.54, 1.807) is 6.26 Å². The van der Waals surface area contributed by atoms with Gasteiger partial charge in [-0.15, -0.1) is 0 Å². The molecule has 2 aliphatic heterocycles. The number of rotatable bonds is 5. The maximum Gasteiger partial charge on any atom is 0.490 e. The van der Waals surface area contributed by atoms with Crippen molar-refractivity contribution in [2.75, 3.05) is 26.7 Å². The molecule has 0 aliphatic carbocycles. The molecule has 0 amide bonds. The predicted molar refractivity (Wildman–Crippen MR) is 137 cm³/mol. The molecule has 1 atom stereocenters. The highest BCUT2D eigenvalue weighted by atomic mass is 19.4. The van der Waals surface area contributed by atoms with Crippen molar-refractivity contribution in [2.45, 2.75) is 62.5 Å². The first-order valence-corrected chi connectivity index (χ1v) is 12.9. The third kappa shape index (κ3) is 14.9. The Kier molecular flexibility index (Phi) is 14.9. The quantitative estimate of drug-likeness (QED) is 0.372. The van der Waals surface area contributed by atoms with Gasteiger partial charge in [-0.1, -0.05) is 0 Å². The van der Waals surface area contributed by atoms with Gasteiger partial charge in [0, 0.05) is 38.1 Å². The minimum atomic E-state index is -5.08. The number of nitrogens with zero attached hydrogens (tertiary/aromatic N) is 3. The maximum atomic E-state index is 10.6. The van der Waals surface area contributed by atoms with Crippen LogP contribution in [-0.2, 0) is 32.2 Å². The summed E-state index contributed by atoms with van der Waals surface area (Å²) in [7, 11) is 2.17. The molecule has 3 N–H and O–H groups in total. The van der Waals surface area contributed by atoms with Crippen LogP contribution in [0.1, 0.15) is 30.6 Å². The van der Waals surface area contributed by atoms with E-state index in [1.165, 1.54) is 5.56 Å². The molecule has 260 valence electrons. The molecule has 1 unspecified atom stereocenters. The lowest BCUT2D eigenvalue weighted by atomic mass is 9.87. The van der Waals surface area contributed by atoms with Crippen LogP contribution in [0.5, 0.6) is 0 Å².